The zero-order valence-corrected chi connectivity index (χ0v) is 19.4. The van der Waals surface area contributed by atoms with Crippen molar-refractivity contribution in [2.24, 2.45) is 0 Å². The number of thioether (sulfide) groups is 1. The van der Waals surface area contributed by atoms with Gasteiger partial charge in [-0.25, -0.2) is 13.4 Å². The third-order valence-electron chi connectivity index (χ3n) is 5.66. The van der Waals surface area contributed by atoms with E-state index in [2.05, 4.69) is 18.8 Å². The van der Waals surface area contributed by atoms with Gasteiger partial charge in [-0.15, -0.1) is 11.8 Å². The van der Waals surface area contributed by atoms with Crippen LogP contribution in [0, 0.1) is 0 Å². The van der Waals surface area contributed by atoms with Gasteiger partial charge in [-0.05, 0) is 60.7 Å². The molecule has 0 unspecified atom stereocenters. The monoisotopic (exact) mass is 457 g/mol. The van der Waals surface area contributed by atoms with Crippen molar-refractivity contribution in [3.63, 3.8) is 0 Å². The van der Waals surface area contributed by atoms with E-state index in [9.17, 15) is 13.2 Å². The predicted octanol–water partition coefficient (Wildman–Crippen LogP) is 4.30. The molecule has 0 bridgehead atoms. The first-order valence-corrected chi connectivity index (χ1v) is 12.9. The van der Waals surface area contributed by atoms with Crippen LogP contribution < -0.4 is 0 Å². The molecule has 31 heavy (non-hydrogen) atoms. The molecule has 2 aromatic heterocycles. The molecule has 0 saturated carbocycles. The minimum absolute atomic E-state index is 0.246. The maximum Gasteiger partial charge on any atom is 0.243 e. The molecule has 1 aromatic carbocycles. The van der Waals surface area contributed by atoms with Gasteiger partial charge in [-0.1, -0.05) is 13.8 Å². The zero-order chi connectivity index (χ0) is 22.0. The van der Waals surface area contributed by atoms with Crippen LogP contribution in [0.2, 0.25) is 0 Å². The molecule has 164 valence electrons. The fourth-order valence-electron chi connectivity index (χ4n) is 4.21. The Labute approximate surface area is 187 Å². The zero-order valence-electron chi connectivity index (χ0n) is 17.8. The van der Waals surface area contributed by atoms with Crippen molar-refractivity contribution < 1.29 is 13.2 Å². The number of hydrogen-bond acceptors (Lipinski definition) is 5. The van der Waals surface area contributed by atoms with Crippen LogP contribution in [0.4, 0.5) is 0 Å². The van der Waals surface area contributed by atoms with Crippen LogP contribution in [0.25, 0.3) is 11.0 Å². The van der Waals surface area contributed by atoms with Gasteiger partial charge in [0.2, 0.25) is 10.0 Å². The van der Waals surface area contributed by atoms with Gasteiger partial charge >= 0.3 is 0 Å². The smallest absolute Gasteiger partial charge is 0.243 e. The van der Waals surface area contributed by atoms with E-state index in [1.807, 2.05) is 35.0 Å². The van der Waals surface area contributed by atoms with Crippen molar-refractivity contribution in [3.05, 3.63) is 54.4 Å². The fraction of sp³-hybridized carbons (Fsp3) is 0.391. The van der Waals surface area contributed by atoms with E-state index < -0.39 is 10.0 Å². The van der Waals surface area contributed by atoms with Gasteiger partial charge in [0.25, 0.3) is 0 Å². The molecule has 8 heteroatoms. The lowest BCUT2D eigenvalue weighted by atomic mass is 9.90. The molecule has 1 aliphatic rings. The first-order valence-electron chi connectivity index (χ1n) is 10.5. The lowest BCUT2D eigenvalue weighted by Crippen LogP contribution is -2.37. The summed E-state index contributed by atoms with van der Waals surface area (Å²) in [4.78, 5) is 16.9. The van der Waals surface area contributed by atoms with Gasteiger partial charge in [0.05, 0.1) is 11.4 Å². The Hall–Kier alpha value is -2.16. The summed E-state index contributed by atoms with van der Waals surface area (Å²) in [5, 5.41) is 1.50. The maximum atomic E-state index is 13.1. The molecule has 0 N–H and O–H groups in total. The van der Waals surface area contributed by atoms with Crippen molar-refractivity contribution in [3.8, 4) is 0 Å². The molecule has 6 nitrogen and oxygen atoms in total. The Kier molecular flexibility index (Phi) is 6.50. The maximum absolute atomic E-state index is 13.1. The molecule has 1 saturated heterocycles. The average molecular weight is 458 g/mol. The van der Waals surface area contributed by atoms with Crippen LogP contribution in [-0.4, -0.2) is 46.9 Å². The number of carbonyl (C=O) groups is 1. The van der Waals surface area contributed by atoms with Crippen molar-refractivity contribution in [1.29, 1.82) is 0 Å². The fourth-order valence-corrected chi connectivity index (χ4v) is 6.52. The number of aldehydes is 1. The minimum Gasteiger partial charge on any atom is -0.325 e. The summed E-state index contributed by atoms with van der Waals surface area (Å²) in [5.41, 5.74) is 1.95. The molecule has 3 aromatic rings. The van der Waals surface area contributed by atoms with E-state index in [1.54, 1.807) is 34.4 Å². The summed E-state index contributed by atoms with van der Waals surface area (Å²) in [6.45, 7) is 5.47. The van der Waals surface area contributed by atoms with Gasteiger partial charge in [0, 0.05) is 41.0 Å². The molecular weight excluding hydrogens is 430 g/mol. The second kappa shape index (κ2) is 9.14. The van der Waals surface area contributed by atoms with Crippen molar-refractivity contribution in [1.82, 2.24) is 13.9 Å². The second-order valence-electron chi connectivity index (χ2n) is 8.09. The SMILES string of the molecule is CC(C)Sc1ccc(S(=O)(=O)N2CCC(c3cn(CC=O)c4ncccc34)CC2)cc1. The Bertz CT molecular complexity index is 1160. The highest BCUT2D eigenvalue weighted by Gasteiger charge is 2.31. The van der Waals surface area contributed by atoms with Crippen molar-refractivity contribution in [2.45, 2.75) is 54.2 Å². The summed E-state index contributed by atoms with van der Waals surface area (Å²) in [5.74, 6) is 0.246. The highest BCUT2D eigenvalue weighted by Crippen LogP contribution is 2.35. The van der Waals surface area contributed by atoms with Crippen molar-refractivity contribution in [2.75, 3.05) is 13.1 Å². The third-order valence-corrected chi connectivity index (χ3v) is 8.59. The lowest BCUT2D eigenvalue weighted by molar-refractivity contribution is -0.108. The molecule has 0 aliphatic carbocycles. The highest BCUT2D eigenvalue weighted by molar-refractivity contribution is 7.99. The molecule has 3 heterocycles. The number of hydrogen-bond donors (Lipinski definition) is 0. The average Bonchev–Trinajstić information content (AvgIpc) is 3.13. The number of fused-ring (bicyclic) bond motifs is 1. The molecule has 4 rings (SSSR count). The summed E-state index contributed by atoms with van der Waals surface area (Å²) < 4.78 is 29.7. The van der Waals surface area contributed by atoms with E-state index in [1.165, 1.54) is 0 Å². The van der Waals surface area contributed by atoms with Crippen LogP contribution in [0.1, 0.15) is 38.2 Å². The Balaban J connectivity index is 1.50. The molecule has 0 atom stereocenters. The number of nitrogens with zero attached hydrogens (tertiary/aromatic N) is 3. The van der Waals surface area contributed by atoms with Crippen LogP contribution in [0.5, 0.6) is 0 Å². The molecule has 0 spiro atoms. The standard InChI is InChI=1S/C23H27N3O3S2/c1-17(2)30-19-5-7-20(8-6-19)31(28,29)26-12-9-18(10-13-26)22-16-25(14-15-27)23-21(22)4-3-11-24-23/h3-8,11,15-18H,9-10,12-14H2,1-2H3. The van der Waals surface area contributed by atoms with Gasteiger partial charge in [-0.3, -0.25) is 0 Å². The van der Waals surface area contributed by atoms with E-state index in [0.29, 0.717) is 23.2 Å². The number of pyridine rings is 1. The minimum atomic E-state index is -3.50. The Morgan fingerprint density at radius 2 is 1.87 bits per heavy atom. The molecular formula is C23H27N3O3S2. The first kappa shape index (κ1) is 22.0. The van der Waals surface area contributed by atoms with E-state index >= 15 is 0 Å². The Morgan fingerprint density at radius 1 is 1.16 bits per heavy atom. The number of benzene rings is 1. The summed E-state index contributed by atoms with van der Waals surface area (Å²) in [6, 6.07) is 11.1. The topological polar surface area (TPSA) is 72.3 Å². The van der Waals surface area contributed by atoms with E-state index in [4.69, 9.17) is 0 Å². The quantitative estimate of drug-likeness (QED) is 0.391. The molecule has 0 amide bonds. The van der Waals surface area contributed by atoms with Gasteiger partial charge < -0.3 is 9.36 Å². The molecule has 1 fully saturated rings. The molecule has 0 radical (unpaired) electrons. The highest BCUT2D eigenvalue weighted by atomic mass is 32.2. The largest absolute Gasteiger partial charge is 0.325 e. The van der Waals surface area contributed by atoms with Crippen LogP contribution >= 0.6 is 11.8 Å². The molecule has 1 aliphatic heterocycles. The summed E-state index contributed by atoms with van der Waals surface area (Å²) in [6.07, 6.45) is 6.10. The van der Waals surface area contributed by atoms with Gasteiger partial charge in [-0.2, -0.15) is 4.31 Å². The predicted molar refractivity (Wildman–Crippen MR) is 124 cm³/mol. The number of rotatable bonds is 7. The van der Waals surface area contributed by atoms with E-state index in [-0.39, 0.29) is 12.5 Å². The van der Waals surface area contributed by atoms with Crippen molar-refractivity contribution >= 4 is 39.1 Å². The normalized spacial score (nSPS) is 16.2. The third kappa shape index (κ3) is 4.56. The number of carbonyl (C=O) groups excluding carboxylic acids is 1. The number of aromatic nitrogens is 2. The van der Waals surface area contributed by atoms with E-state index in [0.717, 1.165) is 40.6 Å². The number of piperidine rings is 1. The Morgan fingerprint density at radius 3 is 2.52 bits per heavy atom. The van der Waals surface area contributed by atoms with Crippen LogP contribution in [0.3, 0.4) is 0 Å². The lowest BCUT2D eigenvalue weighted by Gasteiger charge is -2.31. The summed E-state index contributed by atoms with van der Waals surface area (Å²) in [7, 11) is -3.50. The van der Waals surface area contributed by atoms with Crippen LogP contribution in [0.15, 0.2) is 58.6 Å². The first-order chi connectivity index (χ1) is 14.9. The number of sulfonamides is 1. The van der Waals surface area contributed by atoms with Crippen LogP contribution in [-0.2, 0) is 21.4 Å². The summed E-state index contributed by atoms with van der Waals surface area (Å²) >= 11 is 1.72. The van der Waals surface area contributed by atoms with Gasteiger partial charge in [0.15, 0.2) is 0 Å². The van der Waals surface area contributed by atoms with Gasteiger partial charge in [0.1, 0.15) is 11.9 Å². The second-order valence-corrected chi connectivity index (χ2v) is 11.7.